The Balaban J connectivity index is 1.25. The minimum Gasteiger partial charge on any atom is -0.459 e. The van der Waals surface area contributed by atoms with Gasteiger partial charge in [0.25, 0.3) is 5.91 Å². The van der Waals surface area contributed by atoms with Gasteiger partial charge in [0.2, 0.25) is 0 Å². The molecule has 1 fully saturated rings. The van der Waals surface area contributed by atoms with Gasteiger partial charge in [-0.3, -0.25) is 9.79 Å². The van der Waals surface area contributed by atoms with E-state index < -0.39 is 0 Å². The Morgan fingerprint density at radius 3 is 2.55 bits per heavy atom. The number of nitrogens with zero attached hydrogens (tertiary/aromatic N) is 5. The van der Waals surface area contributed by atoms with Crippen LogP contribution in [0, 0.1) is 5.82 Å². The third-order valence-electron chi connectivity index (χ3n) is 5.21. The number of amides is 1. The Labute approximate surface area is 180 Å². The zero-order chi connectivity index (χ0) is 21.6. The van der Waals surface area contributed by atoms with E-state index in [1.54, 1.807) is 40.9 Å². The van der Waals surface area contributed by atoms with E-state index in [4.69, 9.17) is 4.42 Å². The average Bonchev–Trinajstić information content (AvgIpc) is 3.50. The lowest BCUT2D eigenvalue weighted by atomic mass is 10.3. The van der Waals surface area contributed by atoms with Gasteiger partial charge in [0.1, 0.15) is 5.82 Å². The second-order valence-corrected chi connectivity index (χ2v) is 7.21. The van der Waals surface area contributed by atoms with Gasteiger partial charge in [0, 0.05) is 52.4 Å². The summed E-state index contributed by atoms with van der Waals surface area (Å²) in [5.74, 6) is 0.835. The molecular weight excluding hydrogens is 399 g/mol. The van der Waals surface area contributed by atoms with Crippen LogP contribution >= 0.6 is 0 Å². The quantitative estimate of drug-likeness (QED) is 0.502. The van der Waals surface area contributed by atoms with Gasteiger partial charge in [0.05, 0.1) is 17.6 Å². The molecule has 3 aromatic rings. The van der Waals surface area contributed by atoms with Crippen molar-refractivity contribution in [1.82, 2.24) is 24.9 Å². The molecule has 1 N–H and O–H groups in total. The highest BCUT2D eigenvalue weighted by molar-refractivity contribution is 5.91. The third-order valence-corrected chi connectivity index (χ3v) is 5.21. The Morgan fingerprint density at radius 1 is 1.13 bits per heavy atom. The van der Waals surface area contributed by atoms with Gasteiger partial charge in [-0.2, -0.15) is 5.10 Å². The molecule has 1 aromatic carbocycles. The summed E-state index contributed by atoms with van der Waals surface area (Å²) in [6.45, 7) is 3.31. The van der Waals surface area contributed by atoms with Crippen molar-refractivity contribution in [3.8, 4) is 5.69 Å². The predicted molar refractivity (Wildman–Crippen MR) is 115 cm³/mol. The van der Waals surface area contributed by atoms with Crippen molar-refractivity contribution in [2.24, 2.45) is 4.99 Å². The van der Waals surface area contributed by atoms with Gasteiger partial charge in [-0.15, -0.1) is 0 Å². The topological polar surface area (TPSA) is 78.9 Å². The molecule has 1 amide bonds. The highest BCUT2D eigenvalue weighted by Crippen LogP contribution is 2.11. The molecule has 1 aliphatic rings. The number of guanidine groups is 1. The van der Waals surface area contributed by atoms with Crippen molar-refractivity contribution in [1.29, 1.82) is 0 Å². The van der Waals surface area contributed by atoms with Crippen molar-refractivity contribution < 1.29 is 13.6 Å². The van der Waals surface area contributed by atoms with Gasteiger partial charge in [-0.05, 0) is 42.5 Å². The smallest absolute Gasteiger partial charge is 0.289 e. The molecule has 2 aromatic heterocycles. The lowest BCUT2D eigenvalue weighted by Gasteiger charge is -2.36. The van der Waals surface area contributed by atoms with Crippen LogP contribution in [0.15, 0.2) is 64.3 Å². The summed E-state index contributed by atoms with van der Waals surface area (Å²) in [5, 5.41) is 7.92. The monoisotopic (exact) mass is 424 g/mol. The predicted octanol–water partition coefficient (Wildman–Crippen LogP) is 2.18. The van der Waals surface area contributed by atoms with E-state index in [2.05, 4.69) is 20.3 Å². The van der Waals surface area contributed by atoms with Crippen LogP contribution in [0.25, 0.3) is 5.69 Å². The summed E-state index contributed by atoms with van der Waals surface area (Å²) >= 11 is 0. The summed E-state index contributed by atoms with van der Waals surface area (Å²) in [7, 11) is 1.76. The Bertz CT molecular complexity index is 1020. The highest BCUT2D eigenvalue weighted by Gasteiger charge is 2.25. The number of aromatic nitrogens is 2. The van der Waals surface area contributed by atoms with Crippen molar-refractivity contribution in [2.45, 2.75) is 6.42 Å². The lowest BCUT2D eigenvalue weighted by molar-refractivity contribution is 0.0658. The van der Waals surface area contributed by atoms with Crippen molar-refractivity contribution in [3.05, 3.63) is 72.2 Å². The maximum absolute atomic E-state index is 13.1. The fourth-order valence-electron chi connectivity index (χ4n) is 3.54. The van der Waals surface area contributed by atoms with Crippen LogP contribution in [0.3, 0.4) is 0 Å². The van der Waals surface area contributed by atoms with Crippen LogP contribution in [0.4, 0.5) is 4.39 Å². The molecule has 0 spiro atoms. The molecule has 3 heterocycles. The number of hydrogen-bond acceptors (Lipinski definition) is 4. The number of hydrogen-bond donors (Lipinski definition) is 1. The maximum atomic E-state index is 13.1. The summed E-state index contributed by atoms with van der Waals surface area (Å²) in [6, 6.07) is 11.6. The lowest BCUT2D eigenvalue weighted by Crippen LogP contribution is -2.54. The van der Waals surface area contributed by atoms with E-state index in [0.717, 1.165) is 23.8 Å². The van der Waals surface area contributed by atoms with Crippen LogP contribution in [0.2, 0.25) is 0 Å². The van der Waals surface area contributed by atoms with E-state index in [9.17, 15) is 9.18 Å². The highest BCUT2D eigenvalue weighted by atomic mass is 19.1. The van der Waals surface area contributed by atoms with Crippen molar-refractivity contribution in [2.75, 3.05) is 39.8 Å². The second-order valence-electron chi connectivity index (χ2n) is 7.21. The first-order valence-electron chi connectivity index (χ1n) is 10.2. The largest absolute Gasteiger partial charge is 0.459 e. The molecule has 0 bridgehead atoms. The van der Waals surface area contributed by atoms with Gasteiger partial charge in [-0.1, -0.05) is 0 Å². The number of carbonyl (C=O) groups excluding carboxylic acids is 1. The fraction of sp³-hybridized carbons (Fsp3) is 0.318. The van der Waals surface area contributed by atoms with Gasteiger partial charge in [0.15, 0.2) is 11.7 Å². The third kappa shape index (κ3) is 4.93. The standard InChI is InChI=1S/C22H25FN6O2/c1-24-22(28-14-12-27(13-15-28)21(30)20-3-2-16-31-20)25-10-8-18-9-11-29(26-18)19-6-4-17(23)5-7-19/h2-7,9,11,16H,8,10,12-15H2,1H3,(H,24,25). The number of piperazine rings is 1. The first kappa shape index (κ1) is 20.6. The molecule has 0 saturated carbocycles. The van der Waals surface area contributed by atoms with Gasteiger partial charge >= 0.3 is 0 Å². The van der Waals surface area contributed by atoms with Gasteiger partial charge in [-0.25, -0.2) is 9.07 Å². The molecule has 4 rings (SSSR count). The fourth-order valence-corrected chi connectivity index (χ4v) is 3.54. The first-order chi connectivity index (χ1) is 15.1. The van der Waals surface area contributed by atoms with Gasteiger partial charge < -0.3 is 19.5 Å². The molecule has 0 atom stereocenters. The SMILES string of the molecule is CN=C(NCCc1ccn(-c2ccc(F)cc2)n1)N1CCN(C(=O)c2ccco2)CC1. The molecule has 0 aliphatic carbocycles. The summed E-state index contributed by atoms with van der Waals surface area (Å²) < 4.78 is 20.0. The zero-order valence-electron chi connectivity index (χ0n) is 17.4. The molecule has 0 unspecified atom stereocenters. The average molecular weight is 424 g/mol. The van der Waals surface area contributed by atoms with Crippen LogP contribution in [-0.4, -0.2) is 71.2 Å². The summed E-state index contributed by atoms with van der Waals surface area (Å²) in [6.07, 6.45) is 4.11. The number of rotatable bonds is 5. The van der Waals surface area contributed by atoms with Crippen LogP contribution in [0.1, 0.15) is 16.2 Å². The van der Waals surface area contributed by atoms with E-state index in [-0.39, 0.29) is 11.7 Å². The molecule has 9 heteroatoms. The van der Waals surface area contributed by atoms with E-state index in [1.807, 2.05) is 12.3 Å². The Morgan fingerprint density at radius 2 is 1.87 bits per heavy atom. The van der Waals surface area contributed by atoms with E-state index >= 15 is 0 Å². The number of halogens is 1. The van der Waals surface area contributed by atoms with Crippen LogP contribution < -0.4 is 5.32 Å². The Hall–Kier alpha value is -3.62. The molecule has 162 valence electrons. The molecular formula is C22H25FN6O2. The minimum absolute atomic E-state index is 0.0793. The number of carbonyl (C=O) groups is 1. The maximum Gasteiger partial charge on any atom is 0.289 e. The van der Waals surface area contributed by atoms with Crippen molar-refractivity contribution in [3.63, 3.8) is 0 Å². The minimum atomic E-state index is -0.266. The number of nitrogens with one attached hydrogen (secondary N) is 1. The molecule has 0 radical (unpaired) electrons. The summed E-state index contributed by atoms with van der Waals surface area (Å²) in [4.78, 5) is 20.7. The zero-order valence-corrected chi connectivity index (χ0v) is 17.4. The second kappa shape index (κ2) is 9.46. The molecule has 8 nitrogen and oxygen atoms in total. The van der Waals surface area contributed by atoms with Crippen LogP contribution in [0.5, 0.6) is 0 Å². The normalized spacial score (nSPS) is 14.7. The number of benzene rings is 1. The Kier molecular flexibility index (Phi) is 6.30. The number of furan rings is 1. The van der Waals surface area contributed by atoms with Crippen molar-refractivity contribution >= 4 is 11.9 Å². The molecule has 1 saturated heterocycles. The first-order valence-corrected chi connectivity index (χ1v) is 10.2. The molecule has 1 aliphatic heterocycles. The number of aliphatic imine (C=N–C) groups is 1. The molecule has 31 heavy (non-hydrogen) atoms. The van der Waals surface area contributed by atoms with Crippen LogP contribution in [-0.2, 0) is 6.42 Å². The summed E-state index contributed by atoms with van der Waals surface area (Å²) in [5.41, 5.74) is 1.75. The van der Waals surface area contributed by atoms with E-state index in [0.29, 0.717) is 38.5 Å². The van der Waals surface area contributed by atoms with E-state index in [1.165, 1.54) is 18.4 Å².